The third-order valence-electron chi connectivity index (χ3n) is 7.68. The summed E-state index contributed by atoms with van der Waals surface area (Å²) in [5.41, 5.74) is 2.03. The van der Waals surface area contributed by atoms with Gasteiger partial charge in [-0.3, -0.25) is 14.4 Å². The molecule has 3 aromatic rings. The zero-order valence-electron chi connectivity index (χ0n) is 24.1. The number of nitrogens with one attached hydrogen (secondary N) is 1. The number of carbonyl (C=O) groups is 3. The first-order valence-electron chi connectivity index (χ1n) is 13.8. The van der Waals surface area contributed by atoms with Gasteiger partial charge in [0.25, 0.3) is 11.8 Å². The van der Waals surface area contributed by atoms with Gasteiger partial charge in [0.1, 0.15) is 17.9 Å². The lowest BCUT2D eigenvalue weighted by atomic mass is 10.1. The van der Waals surface area contributed by atoms with Crippen molar-refractivity contribution in [3.05, 3.63) is 70.3 Å². The summed E-state index contributed by atoms with van der Waals surface area (Å²) in [6, 6.07) is 8.14. The largest absolute Gasteiger partial charge is 0.416 e. The molecule has 2 aliphatic rings. The van der Waals surface area contributed by atoms with Gasteiger partial charge in [0, 0.05) is 45.6 Å². The van der Waals surface area contributed by atoms with E-state index in [2.05, 4.69) is 22.1 Å². The number of halogens is 4. The number of hydrogen-bond acceptors (Lipinski definition) is 7. The van der Waals surface area contributed by atoms with E-state index in [1.165, 1.54) is 0 Å². The van der Waals surface area contributed by atoms with Gasteiger partial charge in [-0.05, 0) is 36.8 Å². The van der Waals surface area contributed by atoms with E-state index >= 15 is 0 Å². The van der Waals surface area contributed by atoms with Crippen LogP contribution in [-0.2, 0) is 22.8 Å². The standard InChI is InChI=1S/C29H30ClF3N8O3/c1-4-22-26(38-10-12-39(13-11-38)27(43)19-6-5-7-23-25(19)35-16-37(23)3)28(44)41(34-2)17-40(22)15-24(42)36-21-9-8-18(14-20(21)30)29(31,32)33/h5-9,14,16H,2,4,10-13,15,17H2,1,3H3,(H,36,42). The number of anilines is 1. The van der Waals surface area contributed by atoms with Crippen LogP contribution >= 0.6 is 11.6 Å². The zero-order valence-corrected chi connectivity index (χ0v) is 24.8. The van der Waals surface area contributed by atoms with Crippen LogP contribution in [0.1, 0.15) is 29.3 Å². The molecule has 1 aromatic heterocycles. The van der Waals surface area contributed by atoms with Gasteiger partial charge in [-0.15, -0.1) is 0 Å². The molecular formula is C29H30ClF3N8O3. The zero-order chi connectivity index (χ0) is 31.8. The van der Waals surface area contributed by atoms with Gasteiger partial charge in [0.15, 0.2) is 0 Å². The molecule has 0 aliphatic carbocycles. The van der Waals surface area contributed by atoms with Crippen LogP contribution < -0.4 is 5.32 Å². The fourth-order valence-corrected chi connectivity index (χ4v) is 5.69. The van der Waals surface area contributed by atoms with E-state index in [1.807, 2.05) is 35.6 Å². The van der Waals surface area contributed by atoms with Gasteiger partial charge in [0.2, 0.25) is 5.91 Å². The summed E-state index contributed by atoms with van der Waals surface area (Å²) in [5.74, 6) is -1.07. The molecule has 11 nitrogen and oxygen atoms in total. The Bertz CT molecular complexity index is 1660. The third kappa shape index (κ3) is 5.94. The van der Waals surface area contributed by atoms with Crippen LogP contribution in [-0.4, -0.2) is 93.1 Å². The number of carbonyl (C=O) groups excluding carboxylic acids is 3. The maximum absolute atomic E-state index is 13.5. The maximum Gasteiger partial charge on any atom is 0.416 e. The van der Waals surface area contributed by atoms with Crippen molar-refractivity contribution in [1.82, 2.24) is 29.3 Å². The normalized spacial score (nSPS) is 16.2. The summed E-state index contributed by atoms with van der Waals surface area (Å²) < 4.78 is 40.9. The minimum absolute atomic E-state index is 0.0286. The topological polar surface area (TPSA) is 106 Å². The number of allylic oxidation sites excluding steroid dienone is 1. The molecular weight excluding hydrogens is 601 g/mol. The summed E-state index contributed by atoms with van der Waals surface area (Å²) in [6.45, 7) is 6.50. The highest BCUT2D eigenvalue weighted by Gasteiger charge is 2.37. The van der Waals surface area contributed by atoms with E-state index < -0.39 is 17.6 Å². The van der Waals surface area contributed by atoms with Crippen LogP contribution in [0.15, 0.2) is 59.2 Å². The Labute approximate surface area is 256 Å². The maximum atomic E-state index is 13.5. The second-order valence-electron chi connectivity index (χ2n) is 10.4. The molecule has 15 heteroatoms. The highest BCUT2D eigenvalue weighted by atomic mass is 35.5. The number of para-hydroxylation sites is 1. The van der Waals surface area contributed by atoms with Crippen molar-refractivity contribution in [2.45, 2.75) is 19.5 Å². The first-order chi connectivity index (χ1) is 20.9. The Morgan fingerprint density at radius 1 is 1.14 bits per heavy atom. The molecule has 1 fully saturated rings. The van der Waals surface area contributed by atoms with E-state index in [-0.39, 0.29) is 35.7 Å². The minimum atomic E-state index is -4.57. The lowest BCUT2D eigenvalue weighted by Crippen LogP contribution is -2.54. The first kappa shape index (κ1) is 30.9. The smallest absolute Gasteiger partial charge is 0.362 e. The number of hydrazone groups is 1. The van der Waals surface area contributed by atoms with Crippen LogP contribution in [0.3, 0.4) is 0 Å². The van der Waals surface area contributed by atoms with Crippen molar-refractivity contribution in [2.24, 2.45) is 12.1 Å². The number of aromatic nitrogens is 2. The molecule has 2 aromatic carbocycles. The monoisotopic (exact) mass is 630 g/mol. The van der Waals surface area contributed by atoms with E-state index in [1.54, 1.807) is 22.2 Å². The Morgan fingerprint density at radius 2 is 1.86 bits per heavy atom. The fourth-order valence-electron chi connectivity index (χ4n) is 5.46. The Hall–Kier alpha value is -4.59. The molecule has 0 spiro atoms. The van der Waals surface area contributed by atoms with Gasteiger partial charge in [-0.25, -0.2) is 9.99 Å². The Kier molecular flexibility index (Phi) is 8.55. The van der Waals surface area contributed by atoms with Crippen molar-refractivity contribution in [1.29, 1.82) is 0 Å². The number of imidazole rings is 1. The molecule has 1 saturated heterocycles. The van der Waals surface area contributed by atoms with E-state index in [4.69, 9.17) is 11.6 Å². The van der Waals surface area contributed by atoms with Crippen LogP contribution in [0.25, 0.3) is 11.0 Å². The number of fused-ring (bicyclic) bond motifs is 1. The highest BCUT2D eigenvalue weighted by molar-refractivity contribution is 6.33. The predicted octanol–water partition coefficient (Wildman–Crippen LogP) is 3.98. The number of aryl methyl sites for hydroxylation is 1. The van der Waals surface area contributed by atoms with Gasteiger partial charge in [0.05, 0.1) is 40.2 Å². The molecule has 0 saturated carbocycles. The summed E-state index contributed by atoms with van der Waals surface area (Å²) in [7, 11) is 1.86. The van der Waals surface area contributed by atoms with Crippen molar-refractivity contribution < 1.29 is 27.6 Å². The van der Waals surface area contributed by atoms with E-state index in [0.29, 0.717) is 55.1 Å². The van der Waals surface area contributed by atoms with E-state index in [9.17, 15) is 27.6 Å². The predicted molar refractivity (Wildman–Crippen MR) is 159 cm³/mol. The number of nitrogens with zero attached hydrogens (tertiary/aromatic N) is 7. The number of rotatable bonds is 7. The molecule has 44 heavy (non-hydrogen) atoms. The molecule has 0 radical (unpaired) electrons. The highest BCUT2D eigenvalue weighted by Crippen LogP contribution is 2.34. The number of benzene rings is 2. The third-order valence-corrected chi connectivity index (χ3v) is 7.99. The molecule has 3 amide bonds. The van der Waals surface area contributed by atoms with Gasteiger partial charge in [-0.1, -0.05) is 24.6 Å². The lowest BCUT2D eigenvalue weighted by molar-refractivity contribution is -0.137. The summed E-state index contributed by atoms with van der Waals surface area (Å²) in [5, 5.41) is 7.28. The molecule has 0 bridgehead atoms. The van der Waals surface area contributed by atoms with Crippen LogP contribution in [0.4, 0.5) is 18.9 Å². The molecule has 232 valence electrons. The minimum Gasteiger partial charge on any atom is -0.362 e. The van der Waals surface area contributed by atoms with Crippen LogP contribution in [0, 0.1) is 0 Å². The Balaban J connectivity index is 1.32. The van der Waals surface area contributed by atoms with Crippen LogP contribution in [0.5, 0.6) is 0 Å². The number of hydrogen-bond donors (Lipinski definition) is 1. The second kappa shape index (κ2) is 12.2. The van der Waals surface area contributed by atoms with Crippen molar-refractivity contribution in [3.8, 4) is 0 Å². The summed E-state index contributed by atoms with van der Waals surface area (Å²) in [4.78, 5) is 49.6. The van der Waals surface area contributed by atoms with Crippen molar-refractivity contribution in [3.63, 3.8) is 0 Å². The number of alkyl halides is 3. The molecule has 0 unspecified atom stereocenters. The van der Waals surface area contributed by atoms with Gasteiger partial charge >= 0.3 is 6.18 Å². The SMILES string of the molecule is C=NN1CN(CC(=O)Nc2ccc(C(F)(F)F)cc2Cl)C(CC)=C(N2CCN(C(=O)c3cccc4c3ncn4C)CC2)C1=O. The lowest BCUT2D eigenvalue weighted by Gasteiger charge is -2.43. The average molecular weight is 631 g/mol. The second-order valence-corrected chi connectivity index (χ2v) is 10.8. The average Bonchev–Trinajstić information content (AvgIpc) is 3.38. The van der Waals surface area contributed by atoms with Gasteiger partial charge in [-0.2, -0.15) is 18.3 Å². The Morgan fingerprint density at radius 3 is 2.50 bits per heavy atom. The first-order valence-corrected chi connectivity index (χ1v) is 14.2. The molecule has 0 atom stereocenters. The quantitative estimate of drug-likeness (QED) is 0.396. The van der Waals surface area contributed by atoms with Gasteiger partial charge < -0.3 is 24.6 Å². The van der Waals surface area contributed by atoms with Crippen molar-refractivity contribution >= 4 is 52.8 Å². The molecule has 1 N–H and O–H groups in total. The molecule has 5 rings (SSSR count). The fraction of sp³-hybridized carbons (Fsp3) is 0.345. The summed E-state index contributed by atoms with van der Waals surface area (Å²) >= 11 is 6.02. The molecule has 3 heterocycles. The van der Waals surface area contributed by atoms with Crippen LogP contribution in [0.2, 0.25) is 5.02 Å². The molecule has 2 aliphatic heterocycles. The number of amides is 3. The summed E-state index contributed by atoms with van der Waals surface area (Å²) in [6.07, 6.45) is -2.51. The number of piperazine rings is 1. The van der Waals surface area contributed by atoms with Crippen molar-refractivity contribution in [2.75, 3.05) is 44.7 Å². The van der Waals surface area contributed by atoms with E-state index in [0.717, 1.165) is 28.7 Å².